The second-order valence-electron chi connectivity index (χ2n) is 16.3. The van der Waals surface area contributed by atoms with E-state index in [4.69, 9.17) is 34.3 Å². The molecule has 13 rings (SSSR count). The molecule has 8 aromatic carbocycles. The molecular formula is C58H35N7O. The summed E-state index contributed by atoms with van der Waals surface area (Å²) in [5, 5.41) is 5.55. The van der Waals surface area contributed by atoms with Crippen LogP contribution >= 0.6 is 0 Å². The van der Waals surface area contributed by atoms with E-state index >= 15 is 0 Å². The molecule has 8 heteroatoms. The highest BCUT2D eigenvalue weighted by Gasteiger charge is 2.21. The first kappa shape index (κ1) is 37.4. The minimum Gasteiger partial charge on any atom is -0.434 e. The van der Waals surface area contributed by atoms with E-state index in [0.29, 0.717) is 40.1 Å². The van der Waals surface area contributed by atoms with Gasteiger partial charge in [-0.05, 0) is 64.9 Å². The third-order valence-electron chi connectivity index (χ3n) is 12.3. The van der Waals surface area contributed by atoms with E-state index < -0.39 is 0 Å². The molecule has 0 radical (unpaired) electrons. The van der Waals surface area contributed by atoms with Gasteiger partial charge in [-0.3, -0.25) is 0 Å². The lowest BCUT2D eigenvalue weighted by Gasteiger charge is -2.11. The molecule has 0 spiro atoms. The van der Waals surface area contributed by atoms with E-state index in [2.05, 4.69) is 138 Å². The number of hydrogen-bond donors (Lipinski definition) is 0. The van der Waals surface area contributed by atoms with Crippen molar-refractivity contribution in [1.29, 1.82) is 0 Å². The molecule has 0 N–H and O–H groups in total. The number of para-hydroxylation sites is 2. The van der Waals surface area contributed by atoms with Gasteiger partial charge in [0, 0.05) is 56.0 Å². The summed E-state index contributed by atoms with van der Waals surface area (Å²) in [6.07, 6.45) is 1.84. The summed E-state index contributed by atoms with van der Waals surface area (Å²) in [4.78, 5) is 30.2. The van der Waals surface area contributed by atoms with E-state index in [9.17, 15) is 0 Å². The zero-order valence-corrected chi connectivity index (χ0v) is 35.2. The molecule has 0 saturated heterocycles. The van der Waals surface area contributed by atoms with Crippen LogP contribution in [0.5, 0.6) is 0 Å². The Morgan fingerprint density at radius 2 is 0.864 bits per heavy atom. The van der Waals surface area contributed by atoms with Crippen molar-refractivity contribution in [3.8, 4) is 73.6 Å². The quantitative estimate of drug-likeness (QED) is 0.158. The largest absolute Gasteiger partial charge is 0.434 e. The minimum atomic E-state index is 0.502. The summed E-state index contributed by atoms with van der Waals surface area (Å²) in [6.45, 7) is 0. The number of fused-ring (bicyclic) bond motifs is 7. The van der Waals surface area contributed by atoms with Gasteiger partial charge in [-0.15, -0.1) is 0 Å². The summed E-state index contributed by atoms with van der Waals surface area (Å²) in [5.74, 6) is 2.40. The van der Waals surface area contributed by atoms with Crippen molar-refractivity contribution in [3.63, 3.8) is 0 Å². The highest BCUT2D eigenvalue weighted by molar-refractivity contribution is 6.09. The maximum Gasteiger partial charge on any atom is 0.229 e. The average Bonchev–Trinajstić information content (AvgIpc) is 3.94. The van der Waals surface area contributed by atoms with Crippen molar-refractivity contribution >= 4 is 54.8 Å². The fraction of sp³-hybridized carbons (Fsp3) is 0. The molecule has 0 aliphatic heterocycles. The van der Waals surface area contributed by atoms with Crippen molar-refractivity contribution < 1.29 is 4.42 Å². The van der Waals surface area contributed by atoms with Crippen molar-refractivity contribution in [1.82, 2.24) is 34.5 Å². The van der Waals surface area contributed by atoms with E-state index in [1.165, 1.54) is 10.8 Å². The van der Waals surface area contributed by atoms with E-state index in [0.717, 1.165) is 77.5 Å². The molecule has 0 unspecified atom stereocenters. The Morgan fingerprint density at radius 1 is 0.348 bits per heavy atom. The van der Waals surface area contributed by atoms with Gasteiger partial charge >= 0.3 is 0 Å². The first-order chi connectivity index (χ1) is 32.7. The van der Waals surface area contributed by atoms with E-state index in [1.54, 1.807) is 0 Å². The van der Waals surface area contributed by atoms with Gasteiger partial charge in [-0.2, -0.15) is 0 Å². The monoisotopic (exact) mass is 845 g/mol. The van der Waals surface area contributed by atoms with E-state index in [1.807, 2.05) is 79.0 Å². The van der Waals surface area contributed by atoms with Crippen LogP contribution in [0.25, 0.3) is 128 Å². The lowest BCUT2D eigenvalue weighted by Crippen LogP contribution is -2.00. The number of hydrogen-bond acceptors (Lipinski definition) is 7. The number of benzene rings is 8. The molecule has 308 valence electrons. The van der Waals surface area contributed by atoms with Crippen LogP contribution in [0.15, 0.2) is 217 Å². The predicted molar refractivity (Wildman–Crippen MR) is 265 cm³/mol. The standard InChI is InChI=1S/C58H35N7O/c1-3-14-38(15-4-1)51-53-52(61-57(60-51)43-28-25-36-13-7-8-18-42(36)33-43)48-34-44(35-59-58(48)66-53)37-23-26-40(27-24-37)55-62-54(39-16-5-2-6-17-39)63-56(64-55)41-29-31-45(32-30-41)65-49-21-11-9-19-46(49)47-20-10-12-22-50(47)65/h1-35H. The molecule has 0 aliphatic carbocycles. The maximum absolute atomic E-state index is 6.46. The van der Waals surface area contributed by atoms with Crippen molar-refractivity contribution in [2.45, 2.75) is 0 Å². The fourth-order valence-electron chi connectivity index (χ4n) is 9.06. The van der Waals surface area contributed by atoms with Gasteiger partial charge in [0.2, 0.25) is 5.71 Å². The first-order valence-corrected chi connectivity index (χ1v) is 21.8. The number of furan rings is 1. The Morgan fingerprint density at radius 3 is 1.53 bits per heavy atom. The van der Waals surface area contributed by atoms with Crippen LogP contribution in [-0.4, -0.2) is 34.5 Å². The number of nitrogens with zero attached hydrogens (tertiary/aromatic N) is 7. The van der Waals surface area contributed by atoms with Crippen LogP contribution in [0.1, 0.15) is 0 Å². The van der Waals surface area contributed by atoms with Crippen molar-refractivity contribution in [3.05, 3.63) is 212 Å². The Labute approximate surface area is 378 Å². The van der Waals surface area contributed by atoms with Crippen molar-refractivity contribution in [2.75, 3.05) is 0 Å². The highest BCUT2D eigenvalue weighted by atomic mass is 16.3. The molecule has 13 aromatic rings. The molecule has 0 aliphatic rings. The molecule has 5 heterocycles. The summed E-state index contributed by atoms with van der Waals surface area (Å²) in [5.41, 5.74) is 12.4. The Hall–Kier alpha value is -9.14. The molecule has 5 aromatic heterocycles. The summed E-state index contributed by atoms with van der Waals surface area (Å²) in [7, 11) is 0. The van der Waals surface area contributed by atoms with Gasteiger partial charge < -0.3 is 8.98 Å². The normalized spacial score (nSPS) is 11.6. The average molecular weight is 846 g/mol. The molecular weight excluding hydrogens is 811 g/mol. The molecule has 0 fully saturated rings. The minimum absolute atomic E-state index is 0.502. The smallest absolute Gasteiger partial charge is 0.229 e. The van der Waals surface area contributed by atoms with Gasteiger partial charge in [0.1, 0.15) is 11.2 Å². The molecule has 8 nitrogen and oxygen atoms in total. The Kier molecular flexibility index (Phi) is 8.67. The molecule has 0 bridgehead atoms. The Balaban J connectivity index is 0.879. The second kappa shape index (κ2) is 15.3. The summed E-state index contributed by atoms with van der Waals surface area (Å²) >= 11 is 0. The van der Waals surface area contributed by atoms with Crippen LogP contribution in [0.2, 0.25) is 0 Å². The SMILES string of the molecule is c1ccc(-c2nc(-c3ccc(-c4cnc5oc6c(-c7ccccc7)nc(-c7ccc8ccccc8c7)nc6c5c4)cc3)nc(-c3ccc(-n4c5ccccc5c5ccccc54)cc3)n2)cc1. The van der Waals surface area contributed by atoms with Crippen LogP contribution in [-0.2, 0) is 0 Å². The van der Waals surface area contributed by atoms with Gasteiger partial charge in [0.05, 0.1) is 16.4 Å². The van der Waals surface area contributed by atoms with Crippen molar-refractivity contribution in [2.24, 2.45) is 0 Å². The third-order valence-corrected chi connectivity index (χ3v) is 12.3. The highest BCUT2D eigenvalue weighted by Crippen LogP contribution is 2.38. The van der Waals surface area contributed by atoms with Crippen LogP contribution in [0.3, 0.4) is 0 Å². The number of pyridine rings is 1. The molecule has 0 saturated carbocycles. The van der Waals surface area contributed by atoms with Gasteiger partial charge in [0.15, 0.2) is 28.9 Å². The second-order valence-corrected chi connectivity index (χ2v) is 16.3. The third kappa shape index (κ3) is 6.39. The van der Waals surface area contributed by atoms with Crippen LogP contribution < -0.4 is 0 Å². The predicted octanol–water partition coefficient (Wildman–Crippen LogP) is 14.2. The van der Waals surface area contributed by atoms with Gasteiger partial charge in [-0.1, -0.05) is 158 Å². The molecule has 0 amide bonds. The zero-order chi connectivity index (χ0) is 43.6. The van der Waals surface area contributed by atoms with E-state index in [-0.39, 0.29) is 0 Å². The fourth-order valence-corrected chi connectivity index (χ4v) is 9.06. The Bertz CT molecular complexity index is 3920. The number of aromatic nitrogens is 7. The topological polar surface area (TPSA) is 95.4 Å². The van der Waals surface area contributed by atoms with Gasteiger partial charge in [-0.25, -0.2) is 29.9 Å². The van der Waals surface area contributed by atoms with Crippen LogP contribution in [0.4, 0.5) is 0 Å². The first-order valence-electron chi connectivity index (χ1n) is 21.8. The van der Waals surface area contributed by atoms with Crippen LogP contribution in [0, 0.1) is 0 Å². The number of rotatable bonds is 7. The maximum atomic E-state index is 6.46. The lowest BCUT2D eigenvalue weighted by atomic mass is 10.0. The molecule has 0 atom stereocenters. The van der Waals surface area contributed by atoms with Gasteiger partial charge in [0.25, 0.3) is 0 Å². The summed E-state index contributed by atoms with van der Waals surface area (Å²) < 4.78 is 8.77. The molecule has 66 heavy (non-hydrogen) atoms. The zero-order valence-electron chi connectivity index (χ0n) is 35.2. The summed E-state index contributed by atoms with van der Waals surface area (Å²) in [6, 6.07) is 70.7. The lowest BCUT2D eigenvalue weighted by molar-refractivity contribution is 0.653.